The molecule has 0 amide bonds. The van der Waals surface area contributed by atoms with Gasteiger partial charge in [-0.3, -0.25) is 14.4 Å². The number of ketones is 3. The van der Waals surface area contributed by atoms with Gasteiger partial charge in [-0.2, -0.15) is 0 Å². The Morgan fingerprint density at radius 3 is 2.32 bits per heavy atom. The van der Waals surface area contributed by atoms with E-state index in [2.05, 4.69) is 65.0 Å². The van der Waals surface area contributed by atoms with Gasteiger partial charge >= 0.3 is 0 Å². The van der Waals surface area contributed by atoms with Crippen LogP contribution in [0.3, 0.4) is 0 Å². The first-order valence-electron chi connectivity index (χ1n) is 14.4. The van der Waals surface area contributed by atoms with Crippen LogP contribution in [-0.4, -0.2) is 17.3 Å². The minimum Gasteiger partial charge on any atom is -0.300 e. The quantitative estimate of drug-likeness (QED) is 0.261. The zero-order chi connectivity index (χ0) is 27.1. The average Bonchev–Trinajstić information content (AvgIpc) is 2.84. The molecule has 1 aliphatic rings. The van der Waals surface area contributed by atoms with Crippen molar-refractivity contribution < 1.29 is 14.4 Å². The molecule has 3 heteroatoms. The Morgan fingerprint density at radius 2 is 1.73 bits per heavy atom. The number of aryl methyl sites for hydroxylation is 2. The molecular weight excluding hydrogens is 456 g/mol. The average molecular weight is 503 g/mol. The van der Waals surface area contributed by atoms with Gasteiger partial charge in [0.15, 0.2) is 5.78 Å². The first-order chi connectivity index (χ1) is 17.7. The summed E-state index contributed by atoms with van der Waals surface area (Å²) in [5.74, 6) is 1.04. The zero-order valence-corrected chi connectivity index (χ0v) is 23.9. The van der Waals surface area contributed by atoms with E-state index >= 15 is 0 Å². The summed E-state index contributed by atoms with van der Waals surface area (Å²) in [7, 11) is 0. The van der Waals surface area contributed by atoms with Gasteiger partial charge in [0.2, 0.25) is 0 Å². The molecule has 1 aliphatic carbocycles. The molecule has 0 radical (unpaired) electrons. The van der Waals surface area contributed by atoms with Gasteiger partial charge in [-0.25, -0.2) is 0 Å². The minimum atomic E-state index is -0.0907. The van der Waals surface area contributed by atoms with Gasteiger partial charge in [-0.05, 0) is 91.5 Å². The highest BCUT2D eigenvalue weighted by Gasteiger charge is 2.34. The Labute approximate surface area is 224 Å². The highest BCUT2D eigenvalue weighted by molar-refractivity contribution is 6.01. The number of benzene rings is 2. The molecule has 0 spiro atoms. The zero-order valence-electron chi connectivity index (χ0n) is 23.9. The molecule has 3 rings (SSSR count). The molecule has 0 aromatic heterocycles. The molecule has 0 saturated heterocycles. The number of Topliss-reactive ketones (excluding diaryl/α,β-unsaturated/α-hetero) is 3. The predicted octanol–water partition coefficient (Wildman–Crippen LogP) is 8.03. The lowest BCUT2D eigenvalue weighted by Crippen LogP contribution is -2.30. The molecule has 3 unspecified atom stereocenters. The Bertz CT molecular complexity index is 1100. The van der Waals surface area contributed by atoms with Gasteiger partial charge in [-0.15, -0.1) is 0 Å². The smallest absolute Gasteiger partial charge is 0.163 e. The fraction of sp³-hybridized carbons (Fsp3) is 0.559. The van der Waals surface area contributed by atoms with Crippen LogP contribution < -0.4 is 0 Å². The van der Waals surface area contributed by atoms with E-state index in [-0.39, 0.29) is 41.5 Å². The predicted molar refractivity (Wildman–Crippen MR) is 152 cm³/mol. The van der Waals surface area contributed by atoms with E-state index in [4.69, 9.17) is 0 Å². The third-order valence-corrected chi connectivity index (χ3v) is 8.37. The monoisotopic (exact) mass is 502 g/mol. The van der Waals surface area contributed by atoms with Gasteiger partial charge in [0.1, 0.15) is 11.6 Å². The van der Waals surface area contributed by atoms with Crippen LogP contribution in [-0.2, 0) is 28.9 Å². The van der Waals surface area contributed by atoms with E-state index in [0.717, 1.165) is 56.1 Å². The van der Waals surface area contributed by atoms with Crippen LogP contribution in [0.25, 0.3) is 0 Å². The van der Waals surface area contributed by atoms with E-state index in [0.29, 0.717) is 12.3 Å². The summed E-state index contributed by atoms with van der Waals surface area (Å²) >= 11 is 0. The topological polar surface area (TPSA) is 51.2 Å². The Morgan fingerprint density at radius 1 is 1.03 bits per heavy atom. The summed E-state index contributed by atoms with van der Waals surface area (Å²) in [6.07, 6.45) is 7.03. The number of hydrogen-bond acceptors (Lipinski definition) is 3. The molecule has 0 aliphatic heterocycles. The Kier molecular flexibility index (Phi) is 10.4. The van der Waals surface area contributed by atoms with E-state index in [1.807, 2.05) is 6.07 Å². The molecule has 200 valence electrons. The second-order valence-corrected chi connectivity index (χ2v) is 11.6. The molecule has 0 saturated carbocycles. The van der Waals surface area contributed by atoms with Crippen molar-refractivity contribution in [3.8, 4) is 0 Å². The molecule has 0 bridgehead atoms. The molecule has 0 fully saturated rings. The van der Waals surface area contributed by atoms with Crippen LogP contribution in [0.15, 0.2) is 36.4 Å². The van der Waals surface area contributed by atoms with Crippen molar-refractivity contribution >= 4 is 17.3 Å². The van der Waals surface area contributed by atoms with Crippen LogP contribution in [0.5, 0.6) is 0 Å². The van der Waals surface area contributed by atoms with Crippen molar-refractivity contribution in [2.24, 2.45) is 17.8 Å². The first kappa shape index (κ1) is 29.0. The first-order valence-corrected chi connectivity index (χ1v) is 14.4. The SMILES string of the molecule is CCCC(CC1CC(=O)c2c(C)c(CCc3ccccc3)cc(C(C)C)c2C1)C(CC)C(=O)CC(C)=O. The normalized spacial score (nSPS) is 16.9. The maximum Gasteiger partial charge on any atom is 0.163 e. The number of hydrogen-bond donors (Lipinski definition) is 0. The number of carbonyl (C=O) groups excluding carboxylic acids is 3. The fourth-order valence-corrected chi connectivity index (χ4v) is 6.58. The maximum absolute atomic E-state index is 13.7. The minimum absolute atomic E-state index is 0.0353. The van der Waals surface area contributed by atoms with Gasteiger partial charge in [-0.1, -0.05) is 76.9 Å². The Hall–Kier alpha value is -2.55. The fourth-order valence-electron chi connectivity index (χ4n) is 6.58. The van der Waals surface area contributed by atoms with Crippen LogP contribution in [0.4, 0.5) is 0 Å². The highest BCUT2D eigenvalue weighted by Crippen LogP contribution is 2.40. The summed E-state index contributed by atoms with van der Waals surface area (Å²) in [5, 5.41) is 0. The van der Waals surface area contributed by atoms with E-state index in [1.165, 1.54) is 29.2 Å². The van der Waals surface area contributed by atoms with Gasteiger partial charge in [0.05, 0.1) is 6.42 Å². The molecular formula is C34H46O3. The number of rotatable bonds is 13. The van der Waals surface area contributed by atoms with Crippen LogP contribution in [0.2, 0.25) is 0 Å². The van der Waals surface area contributed by atoms with Crippen molar-refractivity contribution in [1.82, 2.24) is 0 Å². The van der Waals surface area contributed by atoms with Gasteiger partial charge in [0, 0.05) is 17.9 Å². The molecule has 37 heavy (non-hydrogen) atoms. The largest absolute Gasteiger partial charge is 0.300 e. The van der Waals surface area contributed by atoms with Crippen LogP contribution in [0, 0.1) is 24.7 Å². The second-order valence-electron chi connectivity index (χ2n) is 11.6. The maximum atomic E-state index is 13.7. The lowest BCUT2D eigenvalue weighted by molar-refractivity contribution is -0.129. The van der Waals surface area contributed by atoms with Crippen molar-refractivity contribution in [1.29, 1.82) is 0 Å². The van der Waals surface area contributed by atoms with E-state index in [1.54, 1.807) is 0 Å². The molecule has 0 heterocycles. The Balaban J connectivity index is 1.88. The van der Waals surface area contributed by atoms with Gasteiger partial charge < -0.3 is 0 Å². The van der Waals surface area contributed by atoms with Crippen molar-refractivity contribution in [2.75, 3.05) is 0 Å². The number of carbonyl (C=O) groups is 3. The standard InChI is InChI=1S/C34H46O3/c1-7-12-28(29(8-2)32(36)17-23(5)35)18-26-19-31-30(22(3)4)21-27(24(6)34(31)33(37)20-26)16-15-25-13-10-9-11-14-25/h9-11,13-14,21-22,26,28-29H,7-8,12,15-20H2,1-6H3. The second kappa shape index (κ2) is 13.3. The summed E-state index contributed by atoms with van der Waals surface area (Å²) in [6.45, 7) is 12.3. The van der Waals surface area contributed by atoms with Crippen LogP contribution in [0.1, 0.15) is 117 Å². The summed E-state index contributed by atoms with van der Waals surface area (Å²) in [6, 6.07) is 12.9. The molecule has 2 aromatic rings. The van der Waals surface area contributed by atoms with Crippen molar-refractivity contribution in [3.63, 3.8) is 0 Å². The summed E-state index contributed by atoms with van der Waals surface area (Å²) in [5.41, 5.74) is 7.31. The van der Waals surface area contributed by atoms with Crippen LogP contribution >= 0.6 is 0 Å². The third-order valence-electron chi connectivity index (χ3n) is 8.37. The van der Waals surface area contributed by atoms with E-state index < -0.39 is 0 Å². The lowest BCUT2D eigenvalue weighted by atomic mass is 9.70. The molecule has 2 aromatic carbocycles. The third kappa shape index (κ3) is 7.27. The van der Waals surface area contributed by atoms with Gasteiger partial charge in [0.25, 0.3) is 0 Å². The molecule has 0 N–H and O–H groups in total. The van der Waals surface area contributed by atoms with E-state index in [9.17, 15) is 14.4 Å². The molecule has 3 atom stereocenters. The number of fused-ring (bicyclic) bond motifs is 1. The lowest BCUT2D eigenvalue weighted by Gasteiger charge is -2.33. The highest BCUT2D eigenvalue weighted by atomic mass is 16.1. The van der Waals surface area contributed by atoms with Crippen molar-refractivity contribution in [3.05, 3.63) is 69.8 Å². The summed E-state index contributed by atoms with van der Waals surface area (Å²) < 4.78 is 0. The summed E-state index contributed by atoms with van der Waals surface area (Å²) in [4.78, 5) is 38.2. The van der Waals surface area contributed by atoms with Crippen molar-refractivity contribution in [2.45, 2.75) is 105 Å². The molecule has 3 nitrogen and oxygen atoms in total.